The molecule has 2 aliphatic rings. The van der Waals surface area contributed by atoms with Crippen LogP contribution in [-0.2, 0) is 4.79 Å². The number of hydrogen-bond acceptors (Lipinski definition) is 3. The number of rotatable bonds is 5. The van der Waals surface area contributed by atoms with Gasteiger partial charge < -0.3 is 11.1 Å². The Kier molecular flexibility index (Phi) is 4.05. The van der Waals surface area contributed by atoms with Crippen molar-refractivity contribution in [2.24, 2.45) is 5.73 Å². The second-order valence-corrected chi connectivity index (χ2v) is 5.62. The molecule has 1 unspecified atom stereocenters. The molecule has 0 bridgehead atoms. The Labute approximate surface area is 104 Å². The maximum absolute atomic E-state index is 11.8. The minimum atomic E-state index is -0.190. The van der Waals surface area contributed by atoms with Crippen LogP contribution < -0.4 is 11.1 Å². The average Bonchev–Trinajstić information content (AvgIpc) is 2.71. The van der Waals surface area contributed by atoms with Crippen molar-refractivity contribution in [3.05, 3.63) is 0 Å². The summed E-state index contributed by atoms with van der Waals surface area (Å²) in [5.74, 6) is 0.134. The molecule has 0 radical (unpaired) electrons. The normalized spacial score (nSPS) is 27.8. The van der Waals surface area contributed by atoms with E-state index < -0.39 is 0 Å². The van der Waals surface area contributed by atoms with Gasteiger partial charge in [0.15, 0.2) is 0 Å². The predicted molar refractivity (Wildman–Crippen MR) is 68.7 cm³/mol. The monoisotopic (exact) mass is 239 g/mol. The molecule has 2 rings (SSSR count). The van der Waals surface area contributed by atoms with E-state index in [1.807, 2.05) is 0 Å². The quantitative estimate of drug-likeness (QED) is 0.748. The lowest BCUT2D eigenvalue weighted by Gasteiger charge is -2.37. The van der Waals surface area contributed by atoms with Crippen molar-refractivity contribution >= 4 is 5.91 Å². The standard InChI is InChI=1S/C13H25N3O/c1-2-16-8-3-5-11(16)10-15-12(17)9-13(14)6-4-7-13/h11H,2-10,14H2,1H3,(H,15,17). The fourth-order valence-corrected chi connectivity index (χ4v) is 2.96. The Hall–Kier alpha value is -0.610. The number of likely N-dealkylation sites (N-methyl/N-ethyl adjacent to an activating group) is 1. The summed E-state index contributed by atoms with van der Waals surface area (Å²) in [6.07, 6.45) is 6.16. The van der Waals surface area contributed by atoms with Gasteiger partial charge in [-0.25, -0.2) is 0 Å². The first kappa shape index (κ1) is 12.8. The fraction of sp³-hybridized carbons (Fsp3) is 0.923. The van der Waals surface area contributed by atoms with Crippen molar-refractivity contribution in [1.29, 1.82) is 0 Å². The largest absolute Gasteiger partial charge is 0.354 e. The molecule has 1 saturated carbocycles. The SMILES string of the molecule is CCN1CCCC1CNC(=O)CC1(N)CCC1. The predicted octanol–water partition coefficient (Wildman–Crippen LogP) is 0.858. The summed E-state index contributed by atoms with van der Waals surface area (Å²) in [7, 11) is 0. The van der Waals surface area contributed by atoms with E-state index in [1.165, 1.54) is 25.8 Å². The number of nitrogens with two attached hydrogens (primary N) is 1. The number of carbonyl (C=O) groups is 1. The molecule has 1 saturated heterocycles. The molecule has 17 heavy (non-hydrogen) atoms. The summed E-state index contributed by atoms with van der Waals surface area (Å²) >= 11 is 0. The van der Waals surface area contributed by atoms with Crippen molar-refractivity contribution in [3.8, 4) is 0 Å². The highest BCUT2D eigenvalue weighted by Gasteiger charge is 2.34. The van der Waals surface area contributed by atoms with Crippen LogP contribution in [0.5, 0.6) is 0 Å². The summed E-state index contributed by atoms with van der Waals surface area (Å²) in [4.78, 5) is 14.2. The van der Waals surface area contributed by atoms with E-state index in [4.69, 9.17) is 5.73 Å². The lowest BCUT2D eigenvalue weighted by atomic mass is 9.75. The Balaban J connectivity index is 1.68. The van der Waals surface area contributed by atoms with Gasteiger partial charge in [0.1, 0.15) is 0 Å². The third kappa shape index (κ3) is 3.19. The summed E-state index contributed by atoms with van der Waals surface area (Å²) < 4.78 is 0. The van der Waals surface area contributed by atoms with E-state index in [9.17, 15) is 4.79 Å². The summed E-state index contributed by atoms with van der Waals surface area (Å²) in [5, 5.41) is 3.05. The van der Waals surface area contributed by atoms with Gasteiger partial charge in [-0.15, -0.1) is 0 Å². The zero-order chi connectivity index (χ0) is 12.3. The van der Waals surface area contributed by atoms with Crippen LogP contribution >= 0.6 is 0 Å². The minimum Gasteiger partial charge on any atom is -0.354 e. The zero-order valence-electron chi connectivity index (χ0n) is 10.9. The zero-order valence-corrected chi connectivity index (χ0v) is 10.9. The van der Waals surface area contributed by atoms with Gasteiger partial charge in [0.2, 0.25) is 5.91 Å². The molecule has 1 atom stereocenters. The second kappa shape index (κ2) is 5.36. The highest BCUT2D eigenvalue weighted by Crippen LogP contribution is 2.31. The van der Waals surface area contributed by atoms with Gasteiger partial charge in [0.05, 0.1) is 0 Å². The Morgan fingerprint density at radius 3 is 2.82 bits per heavy atom. The minimum absolute atomic E-state index is 0.134. The van der Waals surface area contributed by atoms with E-state index in [1.54, 1.807) is 0 Å². The molecular weight excluding hydrogens is 214 g/mol. The van der Waals surface area contributed by atoms with Gasteiger partial charge in [-0.1, -0.05) is 6.92 Å². The number of carbonyl (C=O) groups excluding carboxylic acids is 1. The fourth-order valence-electron chi connectivity index (χ4n) is 2.96. The van der Waals surface area contributed by atoms with Crippen molar-refractivity contribution in [3.63, 3.8) is 0 Å². The maximum atomic E-state index is 11.8. The first-order valence-electron chi connectivity index (χ1n) is 6.92. The Bertz CT molecular complexity index is 276. The van der Waals surface area contributed by atoms with Crippen molar-refractivity contribution in [2.75, 3.05) is 19.6 Å². The Morgan fingerprint density at radius 1 is 1.47 bits per heavy atom. The van der Waals surface area contributed by atoms with Crippen LogP contribution in [0.4, 0.5) is 0 Å². The highest BCUT2D eigenvalue weighted by atomic mass is 16.1. The van der Waals surface area contributed by atoms with Crippen LogP contribution in [0, 0.1) is 0 Å². The molecule has 1 heterocycles. The van der Waals surface area contributed by atoms with Crippen molar-refractivity contribution in [1.82, 2.24) is 10.2 Å². The van der Waals surface area contributed by atoms with E-state index in [0.29, 0.717) is 12.5 Å². The lowest BCUT2D eigenvalue weighted by molar-refractivity contribution is -0.123. The molecular formula is C13H25N3O. The van der Waals surface area contributed by atoms with Gasteiger partial charge in [-0.2, -0.15) is 0 Å². The third-order valence-electron chi connectivity index (χ3n) is 4.30. The molecule has 1 amide bonds. The third-order valence-corrected chi connectivity index (χ3v) is 4.30. The van der Waals surface area contributed by atoms with Crippen molar-refractivity contribution in [2.45, 2.75) is 57.0 Å². The van der Waals surface area contributed by atoms with Crippen molar-refractivity contribution < 1.29 is 4.79 Å². The first-order valence-corrected chi connectivity index (χ1v) is 6.92. The van der Waals surface area contributed by atoms with E-state index >= 15 is 0 Å². The lowest BCUT2D eigenvalue weighted by Crippen LogP contribution is -2.51. The Morgan fingerprint density at radius 2 is 2.24 bits per heavy atom. The van der Waals surface area contributed by atoms with Gasteiger partial charge >= 0.3 is 0 Å². The molecule has 0 aromatic rings. The summed E-state index contributed by atoms with van der Waals surface area (Å²) in [5.41, 5.74) is 5.88. The van der Waals surface area contributed by atoms with Crippen LogP contribution in [-0.4, -0.2) is 42.0 Å². The van der Waals surface area contributed by atoms with E-state index in [0.717, 1.165) is 25.9 Å². The molecule has 2 fully saturated rings. The molecule has 0 aromatic carbocycles. The first-order chi connectivity index (χ1) is 8.13. The number of nitrogens with zero attached hydrogens (tertiary/aromatic N) is 1. The summed E-state index contributed by atoms with van der Waals surface area (Å²) in [6, 6.07) is 0.541. The molecule has 3 N–H and O–H groups in total. The molecule has 4 heteroatoms. The topological polar surface area (TPSA) is 58.4 Å². The van der Waals surface area contributed by atoms with E-state index in [-0.39, 0.29) is 11.4 Å². The number of nitrogens with one attached hydrogen (secondary N) is 1. The van der Waals surface area contributed by atoms with Crippen LogP contribution in [0.15, 0.2) is 0 Å². The van der Waals surface area contributed by atoms with Crippen LogP contribution in [0.3, 0.4) is 0 Å². The molecule has 1 aliphatic carbocycles. The highest BCUT2D eigenvalue weighted by molar-refractivity contribution is 5.77. The van der Waals surface area contributed by atoms with Crippen LogP contribution in [0.25, 0.3) is 0 Å². The molecule has 0 aromatic heterocycles. The van der Waals surface area contributed by atoms with Gasteiger partial charge in [-0.3, -0.25) is 9.69 Å². The number of hydrogen-bond donors (Lipinski definition) is 2. The van der Waals surface area contributed by atoms with E-state index in [2.05, 4.69) is 17.1 Å². The van der Waals surface area contributed by atoms with Gasteiger partial charge in [0, 0.05) is 24.5 Å². The molecule has 4 nitrogen and oxygen atoms in total. The van der Waals surface area contributed by atoms with Crippen LogP contribution in [0.1, 0.15) is 45.4 Å². The van der Waals surface area contributed by atoms with Gasteiger partial charge in [-0.05, 0) is 45.2 Å². The molecule has 98 valence electrons. The maximum Gasteiger partial charge on any atom is 0.221 e. The number of likely N-dealkylation sites (tertiary alicyclic amines) is 1. The average molecular weight is 239 g/mol. The second-order valence-electron chi connectivity index (χ2n) is 5.62. The van der Waals surface area contributed by atoms with Crippen LogP contribution in [0.2, 0.25) is 0 Å². The number of amides is 1. The van der Waals surface area contributed by atoms with Gasteiger partial charge in [0.25, 0.3) is 0 Å². The molecule has 1 aliphatic heterocycles. The smallest absolute Gasteiger partial charge is 0.221 e. The summed E-state index contributed by atoms with van der Waals surface area (Å²) in [6.45, 7) is 5.24. The molecule has 0 spiro atoms.